The van der Waals surface area contributed by atoms with Gasteiger partial charge in [0.1, 0.15) is 18.9 Å². The minimum absolute atomic E-state index is 0.416. The monoisotopic (exact) mass is 503 g/mol. The Morgan fingerprint density at radius 1 is 0.763 bits per heavy atom. The lowest BCUT2D eigenvalue weighted by molar-refractivity contribution is 0.268. The highest BCUT2D eigenvalue weighted by Crippen LogP contribution is 2.38. The van der Waals surface area contributed by atoms with Gasteiger partial charge in [-0.1, -0.05) is 92.1 Å². The number of rotatable bonds is 8. The third-order valence-electron chi connectivity index (χ3n) is 7.49. The van der Waals surface area contributed by atoms with Crippen LogP contribution in [0.1, 0.15) is 54.7 Å². The molecule has 5 nitrogen and oxygen atoms in total. The van der Waals surface area contributed by atoms with Gasteiger partial charge in [0.15, 0.2) is 0 Å². The van der Waals surface area contributed by atoms with E-state index in [9.17, 15) is 0 Å². The Labute approximate surface area is 224 Å². The normalized spacial score (nSPS) is 14.0. The van der Waals surface area contributed by atoms with Gasteiger partial charge in [-0.25, -0.2) is 0 Å². The molecule has 6 rings (SSSR count). The van der Waals surface area contributed by atoms with Crippen LogP contribution in [0.4, 0.5) is 0 Å². The summed E-state index contributed by atoms with van der Waals surface area (Å²) in [7, 11) is 2.02. The van der Waals surface area contributed by atoms with E-state index >= 15 is 0 Å². The summed E-state index contributed by atoms with van der Waals surface area (Å²) in [6.07, 6.45) is 6.57. The molecule has 2 heterocycles. The van der Waals surface area contributed by atoms with Crippen molar-refractivity contribution in [2.24, 2.45) is 7.05 Å². The first-order valence-electron chi connectivity index (χ1n) is 13.6. The first kappa shape index (κ1) is 24.2. The maximum atomic E-state index is 6.31. The fraction of sp³-hybridized carbons (Fsp3) is 0.273. The minimum atomic E-state index is 0.416. The molecule has 1 aliphatic carbocycles. The van der Waals surface area contributed by atoms with E-state index in [1.165, 1.54) is 37.7 Å². The first-order valence-corrected chi connectivity index (χ1v) is 13.6. The summed E-state index contributed by atoms with van der Waals surface area (Å²) in [6.45, 7) is 0.862. The first-order chi connectivity index (χ1) is 18.7. The van der Waals surface area contributed by atoms with Gasteiger partial charge in [0.25, 0.3) is 0 Å². The number of aryl methyl sites for hydroxylation is 1. The van der Waals surface area contributed by atoms with Gasteiger partial charge < -0.3 is 9.47 Å². The molecule has 1 saturated carbocycles. The molecule has 3 aromatic carbocycles. The number of aromatic nitrogens is 3. The molecule has 0 aliphatic heterocycles. The molecule has 2 aromatic heterocycles. The van der Waals surface area contributed by atoms with Crippen molar-refractivity contribution in [3.63, 3.8) is 0 Å². The fourth-order valence-corrected chi connectivity index (χ4v) is 5.41. The van der Waals surface area contributed by atoms with Crippen molar-refractivity contribution < 1.29 is 9.47 Å². The second kappa shape index (κ2) is 11.1. The van der Waals surface area contributed by atoms with Crippen molar-refractivity contribution in [2.45, 2.75) is 51.2 Å². The van der Waals surface area contributed by atoms with Crippen LogP contribution < -0.4 is 9.47 Å². The average molecular weight is 504 g/mol. The zero-order chi connectivity index (χ0) is 25.7. The molecule has 1 aliphatic rings. The molecule has 0 saturated heterocycles. The van der Waals surface area contributed by atoms with Crippen LogP contribution in [-0.4, -0.2) is 14.8 Å². The number of benzene rings is 3. The van der Waals surface area contributed by atoms with E-state index < -0.39 is 0 Å². The van der Waals surface area contributed by atoms with Gasteiger partial charge in [-0.15, -0.1) is 0 Å². The molecular formula is C33H33N3O2. The van der Waals surface area contributed by atoms with Crippen molar-refractivity contribution in [1.29, 1.82) is 0 Å². The summed E-state index contributed by atoms with van der Waals surface area (Å²) in [6, 6.07) is 31.0. The van der Waals surface area contributed by atoms with Crippen LogP contribution in [0.2, 0.25) is 0 Å². The zero-order valence-corrected chi connectivity index (χ0v) is 21.8. The molecule has 0 unspecified atom stereocenters. The molecule has 0 bridgehead atoms. The third-order valence-corrected chi connectivity index (χ3v) is 7.49. The smallest absolute Gasteiger partial charge is 0.226 e. The van der Waals surface area contributed by atoms with E-state index in [-0.39, 0.29) is 0 Å². The van der Waals surface area contributed by atoms with Crippen molar-refractivity contribution in [3.8, 4) is 23.0 Å². The number of hydrogen-bond acceptors (Lipinski definition) is 4. The van der Waals surface area contributed by atoms with Crippen LogP contribution >= 0.6 is 0 Å². The van der Waals surface area contributed by atoms with Crippen LogP contribution in [0.25, 0.3) is 22.2 Å². The van der Waals surface area contributed by atoms with E-state index in [1.54, 1.807) is 0 Å². The Bertz CT molecular complexity index is 1510. The molecule has 0 N–H and O–H groups in total. The summed E-state index contributed by atoms with van der Waals surface area (Å²) >= 11 is 0. The second-order valence-corrected chi connectivity index (χ2v) is 10.1. The summed E-state index contributed by atoms with van der Waals surface area (Å²) in [5.41, 5.74) is 6.48. The van der Waals surface area contributed by atoms with Gasteiger partial charge in [-0.2, -0.15) is 10.1 Å². The van der Waals surface area contributed by atoms with Crippen molar-refractivity contribution >= 4 is 10.9 Å². The SMILES string of the molecule is Cn1nc(-c2ccc(OCc3ccccc3)nc2OCc2ccccc2)c2ccc(C3CCCCC3)cc21. The number of hydrogen-bond donors (Lipinski definition) is 0. The van der Waals surface area contributed by atoms with E-state index in [4.69, 9.17) is 19.6 Å². The second-order valence-electron chi connectivity index (χ2n) is 10.1. The molecule has 0 spiro atoms. The maximum Gasteiger partial charge on any atom is 0.226 e. The summed E-state index contributed by atoms with van der Waals surface area (Å²) in [5.74, 6) is 1.70. The Balaban J connectivity index is 1.34. The Hall–Kier alpha value is -4.12. The predicted octanol–water partition coefficient (Wildman–Crippen LogP) is 7.84. The Kier molecular flexibility index (Phi) is 7.07. The molecule has 0 radical (unpaired) electrons. The van der Waals surface area contributed by atoms with Crippen LogP contribution in [0.15, 0.2) is 91.0 Å². The lowest BCUT2D eigenvalue weighted by Crippen LogP contribution is -2.04. The number of pyridine rings is 1. The molecule has 5 heteroatoms. The van der Waals surface area contributed by atoms with Gasteiger partial charge in [0, 0.05) is 18.5 Å². The topological polar surface area (TPSA) is 49.2 Å². The molecule has 0 atom stereocenters. The predicted molar refractivity (Wildman–Crippen MR) is 151 cm³/mol. The highest BCUT2D eigenvalue weighted by Gasteiger charge is 2.21. The van der Waals surface area contributed by atoms with Crippen LogP contribution in [0, 0.1) is 0 Å². The van der Waals surface area contributed by atoms with E-state index in [0.717, 1.165) is 33.3 Å². The molecule has 1 fully saturated rings. The summed E-state index contributed by atoms with van der Waals surface area (Å²) in [4.78, 5) is 4.79. The number of ether oxygens (including phenoxy) is 2. The van der Waals surface area contributed by atoms with Gasteiger partial charge in [-0.3, -0.25) is 4.68 Å². The molecule has 38 heavy (non-hydrogen) atoms. The van der Waals surface area contributed by atoms with Crippen molar-refractivity contribution in [2.75, 3.05) is 0 Å². The maximum absolute atomic E-state index is 6.31. The van der Waals surface area contributed by atoms with Crippen molar-refractivity contribution in [3.05, 3.63) is 108 Å². The Morgan fingerprint density at radius 3 is 2.16 bits per heavy atom. The van der Waals surface area contributed by atoms with Crippen LogP contribution in [0.5, 0.6) is 11.8 Å². The van der Waals surface area contributed by atoms with Crippen LogP contribution in [-0.2, 0) is 20.3 Å². The molecular weight excluding hydrogens is 470 g/mol. The van der Waals surface area contributed by atoms with E-state index in [2.05, 4.69) is 30.3 Å². The summed E-state index contributed by atoms with van der Waals surface area (Å²) < 4.78 is 14.3. The number of nitrogens with zero attached hydrogens (tertiary/aromatic N) is 3. The van der Waals surface area contributed by atoms with Gasteiger partial charge >= 0.3 is 0 Å². The average Bonchev–Trinajstić information content (AvgIpc) is 3.32. The Morgan fingerprint density at radius 2 is 1.45 bits per heavy atom. The highest BCUT2D eigenvalue weighted by molar-refractivity contribution is 5.95. The number of fused-ring (bicyclic) bond motifs is 1. The van der Waals surface area contributed by atoms with Gasteiger partial charge in [0.05, 0.1) is 11.1 Å². The van der Waals surface area contributed by atoms with Gasteiger partial charge in [0.2, 0.25) is 11.8 Å². The molecule has 0 amide bonds. The largest absolute Gasteiger partial charge is 0.473 e. The summed E-state index contributed by atoms with van der Waals surface area (Å²) in [5, 5.41) is 6.05. The van der Waals surface area contributed by atoms with Crippen LogP contribution in [0.3, 0.4) is 0 Å². The highest BCUT2D eigenvalue weighted by atomic mass is 16.5. The standard InChI is InChI=1S/C33H33N3O2/c1-36-30-21-27(26-15-9-4-10-16-26)17-18-28(30)32(35-36)29-19-20-31(37-22-24-11-5-2-6-12-24)34-33(29)38-23-25-13-7-3-8-14-25/h2-3,5-8,11-14,17-21,26H,4,9-10,15-16,22-23H2,1H3. The molecule has 192 valence electrons. The zero-order valence-electron chi connectivity index (χ0n) is 21.8. The lowest BCUT2D eigenvalue weighted by atomic mass is 9.84. The third kappa shape index (κ3) is 5.28. The van der Waals surface area contributed by atoms with Crippen molar-refractivity contribution in [1.82, 2.24) is 14.8 Å². The molecule has 5 aromatic rings. The van der Waals surface area contributed by atoms with E-state index in [1.807, 2.05) is 72.4 Å². The lowest BCUT2D eigenvalue weighted by Gasteiger charge is -2.22. The van der Waals surface area contributed by atoms with Gasteiger partial charge in [-0.05, 0) is 47.6 Å². The fourth-order valence-electron chi connectivity index (χ4n) is 5.41. The minimum Gasteiger partial charge on any atom is -0.473 e. The van der Waals surface area contributed by atoms with E-state index in [0.29, 0.717) is 30.9 Å². The quantitative estimate of drug-likeness (QED) is 0.216.